The van der Waals surface area contributed by atoms with Crippen LogP contribution in [0.25, 0.3) is 0 Å². The summed E-state index contributed by atoms with van der Waals surface area (Å²) >= 11 is 0. The lowest BCUT2D eigenvalue weighted by Crippen LogP contribution is -2.42. The van der Waals surface area contributed by atoms with Gasteiger partial charge in [0.25, 0.3) is 5.91 Å². The number of nitrogens with two attached hydrogens (primary N) is 2. The second-order valence-electron chi connectivity index (χ2n) is 22.8. The Labute approximate surface area is 568 Å². The van der Waals surface area contributed by atoms with Crippen LogP contribution in [0, 0.1) is 27.7 Å². The number of fused-ring (bicyclic) bond motifs is 6. The highest BCUT2D eigenvalue weighted by Crippen LogP contribution is 2.40. The molecule has 24 nitrogen and oxygen atoms in total. The molecule has 4 atom stereocenters. The molecule has 4 aliphatic heterocycles. The molecule has 0 saturated carbocycles. The van der Waals surface area contributed by atoms with E-state index in [1.807, 2.05) is 13.8 Å². The molecule has 6 aromatic carbocycles. The summed E-state index contributed by atoms with van der Waals surface area (Å²) in [5.41, 5.74) is 27.2. The van der Waals surface area contributed by atoms with Gasteiger partial charge in [-0.25, -0.2) is 33.6 Å². The Hall–Kier alpha value is -11.2. The molecular weight excluding hydrogens is 1260 g/mol. The van der Waals surface area contributed by atoms with Crippen LogP contribution in [0.15, 0.2) is 168 Å². The summed E-state index contributed by atoms with van der Waals surface area (Å²) in [7, 11) is 3.06. The van der Waals surface area contributed by atoms with E-state index >= 15 is 0 Å². The first-order valence-electron chi connectivity index (χ1n) is 31.3. The van der Waals surface area contributed by atoms with Gasteiger partial charge in [0.15, 0.2) is 0 Å². The lowest BCUT2D eigenvalue weighted by molar-refractivity contribution is -0.193. The molecule has 4 aliphatic rings. The number of carboxylic acids is 1. The van der Waals surface area contributed by atoms with Gasteiger partial charge in [-0.3, -0.25) is 14.6 Å². The molecule has 0 radical (unpaired) electrons. The highest BCUT2D eigenvalue weighted by atomic mass is 16.6. The molecule has 5 N–H and O–H groups in total. The van der Waals surface area contributed by atoms with Gasteiger partial charge < -0.3 is 49.9 Å². The first-order chi connectivity index (χ1) is 46.9. The summed E-state index contributed by atoms with van der Waals surface area (Å²) in [4.78, 5) is 134. The van der Waals surface area contributed by atoms with Crippen molar-refractivity contribution in [3.05, 3.63) is 235 Å². The fourth-order valence-corrected chi connectivity index (χ4v) is 10.8. The Morgan fingerprint density at radius 3 is 1.10 bits per heavy atom. The number of likely N-dealkylation sites (N-methyl/N-ethyl adjacent to an activating group) is 1. The van der Waals surface area contributed by atoms with E-state index in [1.54, 1.807) is 97.1 Å². The van der Waals surface area contributed by atoms with Crippen LogP contribution >= 0.6 is 0 Å². The van der Waals surface area contributed by atoms with Gasteiger partial charge in [0, 0.05) is 76.6 Å². The maximum absolute atomic E-state index is 12.2. The van der Waals surface area contributed by atoms with E-state index in [1.165, 1.54) is 87.8 Å². The van der Waals surface area contributed by atoms with Gasteiger partial charge >= 0.3 is 54.1 Å². The van der Waals surface area contributed by atoms with Crippen molar-refractivity contribution < 1.29 is 91.1 Å². The molecule has 24 heteroatoms. The first kappa shape index (κ1) is 77.5. The summed E-state index contributed by atoms with van der Waals surface area (Å²) in [6.45, 7) is 15.3. The predicted octanol–water partition coefficient (Wildman–Crippen LogP) is 7.91. The summed E-state index contributed by atoms with van der Waals surface area (Å²) in [5, 5.41) is 9.08. The topological polar surface area (TPSA) is 342 Å². The molecular formula is C74H81N5O19. The number of amides is 1. The second-order valence-corrected chi connectivity index (χ2v) is 22.8. The van der Waals surface area contributed by atoms with Crippen LogP contribution in [-0.4, -0.2) is 159 Å². The fourth-order valence-electron chi connectivity index (χ4n) is 10.8. The number of carbonyl (C=O) groups is 8. The number of hydrogen-bond acceptors (Lipinski definition) is 22. The summed E-state index contributed by atoms with van der Waals surface area (Å²) in [6.07, 6.45) is 1.20. The number of carboxylic acid groups (broad SMARTS) is 1. The average molecular weight is 1340 g/mol. The van der Waals surface area contributed by atoms with Crippen LogP contribution in [0.2, 0.25) is 0 Å². The number of aliphatic carboxylic acids is 1. The third-order valence-corrected chi connectivity index (χ3v) is 16.1. The maximum atomic E-state index is 12.2. The normalized spacial score (nSPS) is 15.3. The van der Waals surface area contributed by atoms with Gasteiger partial charge in [0.1, 0.15) is 13.2 Å². The van der Waals surface area contributed by atoms with E-state index in [-0.39, 0.29) is 42.0 Å². The molecule has 1 unspecified atom stereocenters. The third kappa shape index (κ3) is 22.5. The van der Waals surface area contributed by atoms with E-state index in [2.05, 4.69) is 61.8 Å². The van der Waals surface area contributed by atoms with E-state index in [0.717, 1.165) is 25.9 Å². The van der Waals surface area contributed by atoms with Gasteiger partial charge in [0.2, 0.25) is 12.2 Å². The first-order valence-corrected chi connectivity index (χ1v) is 31.3. The minimum Gasteiger partial charge on any atom is -0.478 e. The number of nitrogens with zero attached hydrogens (tertiary/aromatic N) is 3. The zero-order chi connectivity index (χ0) is 72.0. The van der Waals surface area contributed by atoms with E-state index in [9.17, 15) is 38.4 Å². The molecule has 0 fully saturated rings. The van der Waals surface area contributed by atoms with Crippen LogP contribution < -0.4 is 11.5 Å². The standard InChI is InChI=1S/C19H19NO5.2C18H24N2O2.C17H14O6.2CO2/c1-20(2)17(21)16(25-19(23)15-11-7-4-8-12-15)13-24-18(22)14-9-5-3-6-10-14;2*1-4-22-18(21)15-10-20-6-5-13-7-11(2)12(3)8-14(13)17(20)9-16(15)19;18-15(19)14(23-17(21)13-9-5-2-6-10-13)11-22-16(20)12-7-3-1-4-8-12;2*2-1-3/h3-12,16H,13H2,1-2H3;2*7-8,17H,4-6,9-10,19H2,1-3H3;1-10,14H,11H2,(H,18,19);;/t16-;17-;;14-;;/m00.0../s1. The Bertz CT molecular complexity index is 3760. The van der Waals surface area contributed by atoms with E-state index < -0.39 is 54.6 Å². The molecule has 516 valence electrons. The van der Waals surface area contributed by atoms with Crippen LogP contribution in [0.3, 0.4) is 0 Å². The molecule has 10 rings (SSSR count). The summed E-state index contributed by atoms with van der Waals surface area (Å²) in [5.74, 6) is -5.11. The Morgan fingerprint density at radius 2 is 0.786 bits per heavy atom. The smallest absolute Gasteiger partial charge is 0.373 e. The highest BCUT2D eigenvalue weighted by molar-refractivity contribution is 5.94. The third-order valence-electron chi connectivity index (χ3n) is 16.1. The SMILES string of the molecule is CCOC(=O)C1=C(N)CC2c3cc(C)c(C)cc3CCN2C1.CCOC(=O)C1=C(N)C[C@H]2c3cc(C)c(C)cc3CCN2C1.CN(C)C(=O)[C@H](COC(=O)c1ccccc1)OC(=O)c1ccccc1.O=C(OC[C@H](OC(=O)c1ccccc1)C(=O)O)c1ccccc1.O=C=O.O=C=O. The number of carbonyl (C=O) groups excluding carboxylic acids is 11. The van der Waals surface area contributed by atoms with Gasteiger partial charge in [-0.2, -0.15) is 19.2 Å². The predicted molar refractivity (Wildman–Crippen MR) is 354 cm³/mol. The van der Waals surface area contributed by atoms with Crippen molar-refractivity contribution in [1.29, 1.82) is 0 Å². The van der Waals surface area contributed by atoms with E-state index in [4.69, 9.17) is 64.2 Å². The number of aryl methyl sites for hydroxylation is 4. The molecule has 0 saturated heterocycles. The Balaban J connectivity index is 0.000000229. The molecule has 6 aromatic rings. The van der Waals surface area contributed by atoms with Crippen LogP contribution in [-0.2, 0) is 79.6 Å². The number of hydrogen-bond donors (Lipinski definition) is 3. The molecule has 4 heterocycles. The van der Waals surface area contributed by atoms with Crippen molar-refractivity contribution in [3.8, 4) is 0 Å². The van der Waals surface area contributed by atoms with Gasteiger partial charge in [-0.05, 0) is 147 Å². The number of ether oxygens (including phenoxy) is 6. The number of rotatable bonds is 16. The minimum absolute atomic E-state index is 0.216. The van der Waals surface area contributed by atoms with Crippen molar-refractivity contribution in [2.75, 3.05) is 66.7 Å². The molecule has 0 spiro atoms. The van der Waals surface area contributed by atoms with Crippen molar-refractivity contribution in [2.24, 2.45) is 11.5 Å². The molecule has 98 heavy (non-hydrogen) atoms. The van der Waals surface area contributed by atoms with Gasteiger partial charge in [0.05, 0.1) is 46.6 Å². The van der Waals surface area contributed by atoms with Crippen molar-refractivity contribution >= 4 is 60.0 Å². The molecule has 1 amide bonds. The van der Waals surface area contributed by atoms with Crippen LogP contribution in [0.1, 0.15) is 125 Å². The van der Waals surface area contributed by atoms with Crippen LogP contribution in [0.4, 0.5) is 0 Å². The Morgan fingerprint density at radius 1 is 0.480 bits per heavy atom. The quantitative estimate of drug-likeness (QED) is 0.0612. The second kappa shape index (κ2) is 39.0. The zero-order valence-corrected chi connectivity index (χ0v) is 55.9. The van der Waals surface area contributed by atoms with Crippen molar-refractivity contribution in [1.82, 2.24) is 14.7 Å². The maximum Gasteiger partial charge on any atom is 0.373 e. The van der Waals surface area contributed by atoms with Crippen molar-refractivity contribution in [2.45, 2.75) is 91.5 Å². The molecule has 0 aromatic heterocycles. The van der Waals surface area contributed by atoms with Crippen LogP contribution in [0.5, 0.6) is 0 Å². The molecule has 0 aliphatic carbocycles. The fraction of sp³-hybridized carbons (Fsp3) is 0.324. The lowest BCUT2D eigenvalue weighted by atomic mass is 9.84. The number of benzene rings is 6. The largest absolute Gasteiger partial charge is 0.478 e. The van der Waals surface area contributed by atoms with Gasteiger partial charge in [-0.15, -0.1) is 0 Å². The van der Waals surface area contributed by atoms with Gasteiger partial charge in [-0.1, -0.05) is 97.1 Å². The Kier molecular flexibility index (Phi) is 30.9. The zero-order valence-electron chi connectivity index (χ0n) is 55.9. The molecule has 0 bridgehead atoms. The summed E-state index contributed by atoms with van der Waals surface area (Å²) < 4.78 is 30.4. The van der Waals surface area contributed by atoms with Crippen molar-refractivity contribution in [3.63, 3.8) is 0 Å². The number of esters is 6. The van der Waals surface area contributed by atoms with E-state index in [0.29, 0.717) is 84.9 Å². The average Bonchev–Trinajstić information content (AvgIpc) is 0.774. The minimum atomic E-state index is -1.57. The highest BCUT2D eigenvalue weighted by Gasteiger charge is 2.37. The lowest BCUT2D eigenvalue weighted by Gasteiger charge is -2.41. The monoisotopic (exact) mass is 1340 g/mol. The summed E-state index contributed by atoms with van der Waals surface area (Å²) in [6, 6.07) is 42.5.